The molecule has 0 spiro atoms. The zero-order chi connectivity index (χ0) is 20.9. The first-order valence-electron chi connectivity index (χ1n) is 13.0. The van der Waals surface area contributed by atoms with Crippen LogP contribution in [0.1, 0.15) is 136 Å². The third-order valence-corrected chi connectivity index (χ3v) is 8.21. The highest BCUT2D eigenvalue weighted by atomic mass is 32.1. The Hall–Kier alpha value is 0.780. The van der Waals surface area contributed by atoms with Crippen LogP contribution in [0.3, 0.4) is 0 Å². The Balaban J connectivity index is 3.48. The van der Waals surface area contributed by atoms with E-state index in [4.69, 9.17) is 12.6 Å². The molecule has 0 saturated heterocycles. The van der Waals surface area contributed by atoms with Crippen molar-refractivity contribution in [3.8, 4) is 0 Å². The SMILES string of the molecule is CCCCCCCCCCCCCCCCCC(S)C(CPC)C(CC)CC. The van der Waals surface area contributed by atoms with Crippen LogP contribution in [0.4, 0.5) is 0 Å². The van der Waals surface area contributed by atoms with E-state index in [1.807, 2.05) is 0 Å². The topological polar surface area (TPSA) is 0 Å². The van der Waals surface area contributed by atoms with Gasteiger partial charge in [-0.15, -0.1) is 8.58 Å². The van der Waals surface area contributed by atoms with Crippen molar-refractivity contribution in [1.29, 1.82) is 0 Å². The van der Waals surface area contributed by atoms with Crippen molar-refractivity contribution < 1.29 is 0 Å². The van der Waals surface area contributed by atoms with E-state index >= 15 is 0 Å². The molecule has 0 aromatic carbocycles. The standard InChI is InChI=1S/C26H55PS/c1-5-8-9-10-11-12-13-14-15-16-17-18-19-20-21-22-26(28)25(23-27-4)24(6-2)7-3/h24-28H,5-23H2,1-4H3. The highest BCUT2D eigenvalue weighted by molar-refractivity contribution is 7.81. The van der Waals surface area contributed by atoms with Gasteiger partial charge in [0.05, 0.1) is 0 Å². The molecule has 2 heteroatoms. The summed E-state index contributed by atoms with van der Waals surface area (Å²) in [4.78, 5) is 0. The van der Waals surface area contributed by atoms with Gasteiger partial charge in [0.2, 0.25) is 0 Å². The van der Waals surface area contributed by atoms with E-state index in [0.29, 0.717) is 5.25 Å². The second-order valence-corrected chi connectivity index (χ2v) is 10.9. The lowest BCUT2D eigenvalue weighted by Gasteiger charge is -2.30. The van der Waals surface area contributed by atoms with Gasteiger partial charge in [0.25, 0.3) is 0 Å². The Labute approximate surface area is 187 Å². The van der Waals surface area contributed by atoms with Gasteiger partial charge in [-0.2, -0.15) is 12.6 Å². The molecule has 0 aliphatic carbocycles. The van der Waals surface area contributed by atoms with Crippen molar-refractivity contribution in [1.82, 2.24) is 0 Å². The number of hydrogen-bond donors (Lipinski definition) is 1. The normalized spacial score (nSPS) is 14.4. The highest BCUT2D eigenvalue weighted by Crippen LogP contribution is 2.32. The maximum absolute atomic E-state index is 5.03. The van der Waals surface area contributed by atoms with Crippen molar-refractivity contribution in [3.63, 3.8) is 0 Å². The maximum atomic E-state index is 5.03. The monoisotopic (exact) mass is 430 g/mol. The lowest BCUT2D eigenvalue weighted by Crippen LogP contribution is -2.25. The molecule has 0 heterocycles. The van der Waals surface area contributed by atoms with E-state index in [-0.39, 0.29) is 0 Å². The van der Waals surface area contributed by atoms with Crippen molar-refractivity contribution in [2.45, 2.75) is 142 Å². The maximum Gasteiger partial charge on any atom is 0.00509 e. The summed E-state index contributed by atoms with van der Waals surface area (Å²) in [6.07, 6.45) is 27.2. The van der Waals surface area contributed by atoms with Gasteiger partial charge in [0.15, 0.2) is 0 Å². The molecule has 0 amide bonds. The number of thiol groups is 1. The molecule has 0 bridgehead atoms. The van der Waals surface area contributed by atoms with Crippen LogP contribution in [0.15, 0.2) is 0 Å². The average Bonchev–Trinajstić information content (AvgIpc) is 2.71. The van der Waals surface area contributed by atoms with Gasteiger partial charge < -0.3 is 0 Å². The van der Waals surface area contributed by atoms with Crippen LogP contribution in [0.25, 0.3) is 0 Å². The third-order valence-electron chi connectivity index (χ3n) is 6.69. The molecule has 3 atom stereocenters. The number of hydrogen-bond acceptors (Lipinski definition) is 1. The van der Waals surface area contributed by atoms with Crippen LogP contribution in [0.5, 0.6) is 0 Å². The quantitative estimate of drug-likeness (QED) is 0.0985. The van der Waals surface area contributed by atoms with E-state index in [1.165, 1.54) is 122 Å². The molecule has 28 heavy (non-hydrogen) atoms. The molecule has 0 fully saturated rings. The van der Waals surface area contributed by atoms with Crippen molar-refractivity contribution in [2.75, 3.05) is 12.8 Å². The summed E-state index contributed by atoms with van der Waals surface area (Å²) < 4.78 is 0. The van der Waals surface area contributed by atoms with Crippen LogP contribution in [-0.4, -0.2) is 18.1 Å². The summed E-state index contributed by atoms with van der Waals surface area (Å²) in [5.74, 6) is 1.75. The zero-order valence-electron chi connectivity index (χ0n) is 20.1. The first-order chi connectivity index (χ1) is 13.7. The first-order valence-corrected chi connectivity index (χ1v) is 15.3. The van der Waals surface area contributed by atoms with Crippen LogP contribution in [0.2, 0.25) is 0 Å². The second-order valence-electron chi connectivity index (χ2n) is 9.10. The molecular weight excluding hydrogens is 375 g/mol. The summed E-state index contributed by atoms with van der Waals surface area (Å²) in [6.45, 7) is 9.40. The Bertz CT molecular complexity index is 290. The Morgan fingerprint density at radius 3 is 1.36 bits per heavy atom. The van der Waals surface area contributed by atoms with Crippen molar-refractivity contribution in [2.24, 2.45) is 11.8 Å². The molecule has 0 aromatic rings. The highest BCUT2D eigenvalue weighted by Gasteiger charge is 2.24. The van der Waals surface area contributed by atoms with Gasteiger partial charge in [0, 0.05) is 5.25 Å². The molecule has 0 aromatic heterocycles. The Morgan fingerprint density at radius 1 is 0.607 bits per heavy atom. The van der Waals surface area contributed by atoms with Crippen LogP contribution >= 0.6 is 21.2 Å². The fraction of sp³-hybridized carbons (Fsp3) is 1.00. The van der Waals surface area contributed by atoms with Gasteiger partial charge in [0.1, 0.15) is 0 Å². The van der Waals surface area contributed by atoms with Crippen LogP contribution < -0.4 is 0 Å². The fourth-order valence-electron chi connectivity index (χ4n) is 4.69. The predicted octanol–water partition coefficient (Wildman–Crippen LogP) is 9.91. The van der Waals surface area contributed by atoms with E-state index in [2.05, 4.69) is 27.4 Å². The van der Waals surface area contributed by atoms with E-state index < -0.39 is 0 Å². The molecule has 0 rings (SSSR count). The van der Waals surface area contributed by atoms with Gasteiger partial charge in [-0.1, -0.05) is 130 Å². The molecule has 0 saturated carbocycles. The minimum absolute atomic E-state index is 0.638. The fourth-order valence-corrected chi connectivity index (χ4v) is 6.50. The second kappa shape index (κ2) is 22.5. The number of unbranched alkanes of at least 4 members (excludes halogenated alkanes) is 14. The van der Waals surface area contributed by atoms with Crippen molar-refractivity contribution >= 4 is 21.2 Å². The molecule has 0 aliphatic rings. The molecular formula is C26H55PS. The largest absolute Gasteiger partial charge is 0.176 e. The third kappa shape index (κ3) is 16.6. The minimum atomic E-state index is 0.638. The average molecular weight is 431 g/mol. The molecule has 0 aliphatic heterocycles. The molecule has 3 unspecified atom stereocenters. The van der Waals surface area contributed by atoms with Crippen molar-refractivity contribution in [3.05, 3.63) is 0 Å². The molecule has 0 nitrogen and oxygen atoms in total. The smallest absolute Gasteiger partial charge is 0.00509 e. The summed E-state index contributed by atoms with van der Waals surface area (Å²) in [5.41, 5.74) is 0. The first kappa shape index (κ1) is 28.8. The van der Waals surface area contributed by atoms with Gasteiger partial charge >= 0.3 is 0 Å². The summed E-state index contributed by atoms with van der Waals surface area (Å²) in [5, 5.41) is 0.638. The van der Waals surface area contributed by atoms with E-state index in [1.54, 1.807) is 0 Å². The van der Waals surface area contributed by atoms with Gasteiger partial charge in [-0.3, -0.25) is 0 Å². The molecule has 170 valence electrons. The number of rotatable bonds is 22. The van der Waals surface area contributed by atoms with Crippen LogP contribution in [0, 0.1) is 11.8 Å². The molecule has 0 radical (unpaired) electrons. The van der Waals surface area contributed by atoms with E-state index in [9.17, 15) is 0 Å². The van der Waals surface area contributed by atoms with Gasteiger partial charge in [-0.25, -0.2) is 0 Å². The Morgan fingerprint density at radius 2 is 1.00 bits per heavy atom. The van der Waals surface area contributed by atoms with Gasteiger partial charge in [-0.05, 0) is 31.1 Å². The van der Waals surface area contributed by atoms with Crippen LogP contribution in [-0.2, 0) is 0 Å². The molecule has 0 N–H and O–H groups in total. The predicted molar refractivity (Wildman–Crippen MR) is 139 cm³/mol. The summed E-state index contributed by atoms with van der Waals surface area (Å²) >= 11 is 5.03. The lowest BCUT2D eigenvalue weighted by atomic mass is 9.85. The summed E-state index contributed by atoms with van der Waals surface area (Å²) in [7, 11) is 1.08. The van der Waals surface area contributed by atoms with E-state index in [0.717, 1.165) is 20.4 Å². The lowest BCUT2D eigenvalue weighted by molar-refractivity contribution is 0.323. The minimum Gasteiger partial charge on any atom is -0.176 e. The Kier molecular flexibility index (Phi) is 23.1. The summed E-state index contributed by atoms with van der Waals surface area (Å²) in [6, 6.07) is 0. The zero-order valence-corrected chi connectivity index (χ0v) is 22.0.